The molecule has 0 spiro atoms. The van der Waals surface area contributed by atoms with Gasteiger partial charge in [-0.15, -0.1) is 0 Å². The van der Waals surface area contributed by atoms with Crippen LogP contribution < -0.4 is 0 Å². The van der Waals surface area contributed by atoms with Crippen molar-refractivity contribution >= 4 is 17.2 Å². The predicted molar refractivity (Wildman–Crippen MR) is 109 cm³/mol. The number of hydrogen-bond donors (Lipinski definition) is 0. The molecule has 2 aliphatic rings. The fraction of sp³-hybridized carbons (Fsp3) is 0.591. The third-order valence-corrected chi connectivity index (χ3v) is 5.70. The average molecular weight is 422 g/mol. The number of nitro benzene ring substituents is 1. The van der Waals surface area contributed by atoms with Crippen molar-refractivity contribution in [2.45, 2.75) is 64.3 Å². The topological polar surface area (TPSA) is 72.7 Å². The predicted octanol–water partition coefficient (Wildman–Crippen LogP) is 4.67. The molecule has 1 aromatic rings. The van der Waals surface area contributed by atoms with Gasteiger partial charge in [-0.3, -0.25) is 19.8 Å². The van der Waals surface area contributed by atoms with Crippen LogP contribution in [-0.4, -0.2) is 46.7 Å². The van der Waals surface area contributed by atoms with Gasteiger partial charge in [0.2, 0.25) is 0 Å². The molecule has 0 amide bonds. The number of halogens is 2. The molecule has 1 fully saturated rings. The third-order valence-electron chi connectivity index (χ3n) is 5.70. The molecule has 0 aromatic heterocycles. The minimum absolute atomic E-state index is 0.156. The monoisotopic (exact) mass is 422 g/mol. The van der Waals surface area contributed by atoms with Crippen LogP contribution in [0.2, 0.25) is 0 Å². The second kappa shape index (κ2) is 8.79. The van der Waals surface area contributed by atoms with Crippen molar-refractivity contribution in [2.75, 3.05) is 13.1 Å². The lowest BCUT2D eigenvalue weighted by atomic mass is 9.83. The molecule has 1 aliphatic carbocycles. The molecule has 3 atom stereocenters. The molecular formula is C22H28F2N2O4. The van der Waals surface area contributed by atoms with Crippen molar-refractivity contribution in [3.63, 3.8) is 0 Å². The molecule has 1 heterocycles. The van der Waals surface area contributed by atoms with Gasteiger partial charge in [0.15, 0.2) is 0 Å². The number of benzene rings is 1. The Morgan fingerprint density at radius 1 is 1.30 bits per heavy atom. The van der Waals surface area contributed by atoms with Crippen LogP contribution in [0.5, 0.6) is 0 Å². The zero-order chi connectivity index (χ0) is 22.1. The lowest BCUT2D eigenvalue weighted by Gasteiger charge is -2.40. The maximum atomic E-state index is 14.9. The Morgan fingerprint density at radius 3 is 2.57 bits per heavy atom. The summed E-state index contributed by atoms with van der Waals surface area (Å²) in [6, 6.07) is 3.38. The second-order valence-corrected chi connectivity index (χ2v) is 9.02. The standard InChI is InChI=1S/C22H28F2N2O4/c1-22(2,3)30-21(27)15-4-7-20(19(24)12-15)25-10-8-14(9-11-25)17-6-5-16(26(28)29)13-18(17)23/h5-6,8,13,15,19-20H,4,7,9-12H2,1-3H3/t15-,19+,20-/m1/s1. The summed E-state index contributed by atoms with van der Waals surface area (Å²) in [5.74, 6) is -1.37. The van der Waals surface area contributed by atoms with Crippen LogP contribution in [0.15, 0.2) is 24.3 Å². The second-order valence-electron chi connectivity index (χ2n) is 9.02. The van der Waals surface area contributed by atoms with Crippen molar-refractivity contribution in [2.24, 2.45) is 5.92 Å². The van der Waals surface area contributed by atoms with E-state index in [2.05, 4.69) is 0 Å². The maximum Gasteiger partial charge on any atom is 0.309 e. The summed E-state index contributed by atoms with van der Waals surface area (Å²) in [5.41, 5.74) is 0.263. The van der Waals surface area contributed by atoms with Gasteiger partial charge < -0.3 is 4.74 Å². The van der Waals surface area contributed by atoms with Crippen molar-refractivity contribution in [1.29, 1.82) is 0 Å². The molecular weight excluding hydrogens is 394 g/mol. The Balaban J connectivity index is 1.61. The van der Waals surface area contributed by atoms with Crippen LogP contribution in [0.4, 0.5) is 14.5 Å². The summed E-state index contributed by atoms with van der Waals surface area (Å²) < 4.78 is 34.6. The first-order chi connectivity index (χ1) is 14.0. The molecule has 8 heteroatoms. The molecule has 1 aromatic carbocycles. The number of alkyl halides is 1. The zero-order valence-electron chi connectivity index (χ0n) is 17.6. The van der Waals surface area contributed by atoms with E-state index in [1.165, 1.54) is 12.1 Å². The minimum Gasteiger partial charge on any atom is -0.460 e. The van der Waals surface area contributed by atoms with Gasteiger partial charge in [0.1, 0.15) is 17.6 Å². The summed E-state index contributed by atoms with van der Waals surface area (Å²) in [6.45, 7) is 6.46. The first kappa shape index (κ1) is 22.3. The van der Waals surface area contributed by atoms with E-state index in [1.54, 1.807) is 20.8 Å². The third kappa shape index (κ3) is 5.22. The summed E-state index contributed by atoms with van der Waals surface area (Å²) in [7, 11) is 0. The normalized spacial score (nSPS) is 25.5. The molecule has 3 rings (SSSR count). The molecule has 0 saturated heterocycles. The van der Waals surface area contributed by atoms with Crippen LogP contribution in [-0.2, 0) is 9.53 Å². The van der Waals surface area contributed by atoms with E-state index >= 15 is 0 Å². The largest absolute Gasteiger partial charge is 0.460 e. The van der Waals surface area contributed by atoms with E-state index in [0.29, 0.717) is 37.9 Å². The molecule has 1 aliphatic heterocycles. The van der Waals surface area contributed by atoms with Crippen molar-refractivity contribution in [3.8, 4) is 0 Å². The van der Waals surface area contributed by atoms with E-state index < -0.39 is 28.4 Å². The molecule has 164 valence electrons. The number of nitro groups is 1. The van der Waals surface area contributed by atoms with Crippen molar-refractivity contribution in [1.82, 2.24) is 4.90 Å². The number of carbonyl (C=O) groups is 1. The number of ether oxygens (including phenoxy) is 1. The number of nitrogens with zero attached hydrogens (tertiary/aromatic N) is 2. The highest BCUT2D eigenvalue weighted by molar-refractivity contribution is 5.73. The van der Waals surface area contributed by atoms with Gasteiger partial charge in [-0.05, 0) is 58.1 Å². The van der Waals surface area contributed by atoms with Gasteiger partial charge in [0.25, 0.3) is 5.69 Å². The lowest BCUT2D eigenvalue weighted by Crippen LogP contribution is -2.48. The lowest BCUT2D eigenvalue weighted by molar-refractivity contribution is -0.385. The molecule has 30 heavy (non-hydrogen) atoms. The first-order valence-electron chi connectivity index (χ1n) is 10.3. The highest BCUT2D eigenvalue weighted by atomic mass is 19.1. The molecule has 0 N–H and O–H groups in total. The fourth-order valence-electron chi connectivity index (χ4n) is 4.22. The van der Waals surface area contributed by atoms with Gasteiger partial charge in [0, 0.05) is 30.8 Å². The van der Waals surface area contributed by atoms with E-state index in [-0.39, 0.29) is 24.1 Å². The molecule has 1 saturated carbocycles. The highest BCUT2D eigenvalue weighted by Gasteiger charge is 2.39. The van der Waals surface area contributed by atoms with Crippen LogP contribution in [0.3, 0.4) is 0 Å². The molecule has 0 unspecified atom stereocenters. The van der Waals surface area contributed by atoms with Crippen LogP contribution in [0, 0.1) is 21.8 Å². The van der Waals surface area contributed by atoms with Gasteiger partial charge >= 0.3 is 5.97 Å². The van der Waals surface area contributed by atoms with E-state index in [9.17, 15) is 23.7 Å². The van der Waals surface area contributed by atoms with Crippen LogP contribution in [0.1, 0.15) is 52.0 Å². The Morgan fingerprint density at radius 2 is 2.03 bits per heavy atom. The van der Waals surface area contributed by atoms with Gasteiger partial charge in [-0.1, -0.05) is 6.08 Å². The van der Waals surface area contributed by atoms with Crippen molar-refractivity contribution < 1.29 is 23.2 Å². The molecule has 0 bridgehead atoms. The average Bonchev–Trinajstić information content (AvgIpc) is 2.66. The number of esters is 1. The minimum atomic E-state index is -1.12. The van der Waals surface area contributed by atoms with E-state index in [1.807, 2.05) is 11.0 Å². The fourth-order valence-corrected chi connectivity index (χ4v) is 4.22. The zero-order valence-corrected chi connectivity index (χ0v) is 17.6. The summed E-state index contributed by atoms with van der Waals surface area (Å²) in [4.78, 5) is 24.4. The summed E-state index contributed by atoms with van der Waals surface area (Å²) >= 11 is 0. The number of non-ortho nitro benzene ring substituents is 1. The van der Waals surface area contributed by atoms with Gasteiger partial charge in [-0.25, -0.2) is 8.78 Å². The maximum absolute atomic E-state index is 14.9. The first-order valence-corrected chi connectivity index (χ1v) is 10.3. The quantitative estimate of drug-likeness (QED) is 0.400. The van der Waals surface area contributed by atoms with Gasteiger partial charge in [0.05, 0.1) is 16.9 Å². The van der Waals surface area contributed by atoms with Crippen LogP contribution in [0.25, 0.3) is 5.57 Å². The Labute approximate surface area is 175 Å². The Kier molecular flexibility index (Phi) is 6.55. The van der Waals surface area contributed by atoms with E-state index in [0.717, 1.165) is 11.6 Å². The van der Waals surface area contributed by atoms with Crippen molar-refractivity contribution in [3.05, 3.63) is 45.8 Å². The SMILES string of the molecule is CC(C)(C)OC(=O)[C@@H]1CC[C@@H](N2CC=C(c3ccc([N+](=O)[O-])cc3F)CC2)[C@@H](F)C1. The summed E-state index contributed by atoms with van der Waals surface area (Å²) in [5, 5.41) is 10.8. The molecule has 6 nitrogen and oxygen atoms in total. The van der Waals surface area contributed by atoms with Gasteiger partial charge in [-0.2, -0.15) is 0 Å². The van der Waals surface area contributed by atoms with E-state index in [4.69, 9.17) is 4.74 Å². The highest BCUT2D eigenvalue weighted by Crippen LogP contribution is 2.34. The number of carbonyl (C=O) groups excluding carboxylic acids is 1. The Bertz CT molecular complexity index is 850. The van der Waals surface area contributed by atoms with Crippen LogP contribution >= 0.6 is 0 Å². The summed E-state index contributed by atoms with van der Waals surface area (Å²) in [6.07, 6.45) is 2.59. The molecule has 0 radical (unpaired) electrons. The number of hydrogen-bond acceptors (Lipinski definition) is 5. The number of rotatable bonds is 4. The Hall–Kier alpha value is -2.35. The smallest absolute Gasteiger partial charge is 0.309 e.